The fraction of sp³-hybridized carbons (Fsp3) is 0.333. The number of oxime groups is 1. The molecule has 14 nitrogen and oxygen atoms in total. The minimum absolute atomic E-state index is 0.117. The quantitative estimate of drug-likeness (QED) is 0.123. The number of alkyl carbamates (subject to hydrolysis) is 1. The second-order valence-corrected chi connectivity index (χ2v) is 12.2. The summed E-state index contributed by atoms with van der Waals surface area (Å²) in [5.74, 6) is -5.87. The van der Waals surface area contributed by atoms with Crippen LogP contribution < -0.4 is 16.0 Å². The van der Waals surface area contributed by atoms with E-state index in [1.165, 1.54) is 12.1 Å². The number of halogens is 4. The fourth-order valence-electron chi connectivity index (χ4n) is 3.93. The molecule has 19 heteroatoms. The van der Waals surface area contributed by atoms with Gasteiger partial charge in [-0.2, -0.15) is 18.2 Å². The van der Waals surface area contributed by atoms with Crippen LogP contribution in [0.25, 0.3) is 11.5 Å². The Morgan fingerprint density at radius 3 is 2.53 bits per heavy atom. The molecule has 0 radical (unpaired) electrons. The van der Waals surface area contributed by atoms with Crippen molar-refractivity contribution in [2.75, 3.05) is 10.7 Å². The van der Waals surface area contributed by atoms with Gasteiger partial charge < -0.3 is 30.4 Å². The predicted octanol–water partition coefficient (Wildman–Crippen LogP) is 2.60. The Hall–Kier alpha value is -4.81. The molecule has 0 unspecified atom stereocenters. The van der Waals surface area contributed by atoms with Gasteiger partial charge in [0.2, 0.25) is 5.82 Å². The Balaban J connectivity index is 1.76. The number of fused-ring (bicyclic) bond motifs is 1. The van der Waals surface area contributed by atoms with E-state index in [-0.39, 0.29) is 16.9 Å². The monoisotopic (exact) mass is 629 g/mol. The molecule has 2 amide bonds. The van der Waals surface area contributed by atoms with Crippen LogP contribution in [0.4, 0.5) is 28.0 Å². The number of rotatable bonds is 5. The van der Waals surface area contributed by atoms with Gasteiger partial charge in [-0.05, 0) is 44.5 Å². The Morgan fingerprint density at radius 2 is 1.98 bits per heavy atom. The average molecular weight is 630 g/mol. The third-order valence-corrected chi connectivity index (χ3v) is 7.53. The largest absolute Gasteiger partial charge is 0.471 e. The Bertz CT molecular complexity index is 1700. The van der Waals surface area contributed by atoms with Crippen LogP contribution in [0.3, 0.4) is 0 Å². The Labute approximate surface area is 240 Å². The molecule has 1 aliphatic heterocycles. The van der Waals surface area contributed by atoms with Crippen molar-refractivity contribution < 1.29 is 50.0 Å². The molecule has 0 bridgehead atoms. The molecule has 3 aromatic rings. The summed E-state index contributed by atoms with van der Waals surface area (Å²) in [5.41, 5.74) is 3.77. The number of ether oxygens (including phenoxy) is 1. The van der Waals surface area contributed by atoms with Crippen molar-refractivity contribution in [2.24, 2.45) is 10.9 Å². The summed E-state index contributed by atoms with van der Waals surface area (Å²) in [7, 11) is -4.45. The highest BCUT2D eigenvalue weighted by molar-refractivity contribution is 7.91. The summed E-state index contributed by atoms with van der Waals surface area (Å²) in [5, 5.41) is 17.3. The number of nitrogens with zero attached hydrogens (tertiary/aromatic N) is 5. The number of pyridine rings is 1. The van der Waals surface area contributed by atoms with Crippen LogP contribution in [0.2, 0.25) is 0 Å². The van der Waals surface area contributed by atoms with E-state index in [0.717, 1.165) is 17.2 Å². The van der Waals surface area contributed by atoms with Crippen molar-refractivity contribution in [2.45, 2.75) is 50.0 Å². The maximum absolute atomic E-state index is 14.9. The number of amidine groups is 1. The zero-order chi connectivity index (χ0) is 31.9. The van der Waals surface area contributed by atoms with Crippen molar-refractivity contribution >= 4 is 33.4 Å². The summed E-state index contributed by atoms with van der Waals surface area (Å²) in [6.07, 6.45) is -4.83. The average Bonchev–Trinajstić information content (AvgIpc) is 3.39. The normalized spacial score (nSPS) is 17.3. The maximum Gasteiger partial charge on any atom is 0.471 e. The van der Waals surface area contributed by atoms with Gasteiger partial charge in [0.25, 0.3) is 5.91 Å². The lowest BCUT2D eigenvalue weighted by atomic mass is 10.1. The number of amides is 2. The highest BCUT2D eigenvalue weighted by atomic mass is 32.2. The van der Waals surface area contributed by atoms with E-state index >= 15 is 0 Å². The summed E-state index contributed by atoms with van der Waals surface area (Å²) in [4.78, 5) is 33.8. The van der Waals surface area contributed by atoms with Gasteiger partial charge in [0, 0.05) is 6.20 Å². The third kappa shape index (κ3) is 6.82. The van der Waals surface area contributed by atoms with Crippen LogP contribution in [0.1, 0.15) is 37.8 Å². The number of carbonyl (C=O) groups is 2. The number of sulfone groups is 1. The first-order chi connectivity index (χ1) is 19.9. The van der Waals surface area contributed by atoms with Gasteiger partial charge in [-0.1, -0.05) is 16.4 Å². The van der Waals surface area contributed by atoms with Crippen molar-refractivity contribution in [3.63, 3.8) is 0 Å². The molecular weight excluding hydrogens is 606 g/mol. The lowest BCUT2D eigenvalue weighted by Gasteiger charge is -2.27. The number of benzene rings is 1. The standard InChI is InChI=1S/C24H23F4N7O7S/c1-23(2,3)41-22(37)31-15-10-43(39,40)17-7-13(25)12(18(29)33-38)6-16(17)35(20(15)36)9-11-4-5-14(30-8-11)19-32-21(42-34-19)24(26,27)28/h4-8,15,38H,9-10H2,1-3H3,(H2,29,33)(H,31,37)/t15-/m0/s1. The molecule has 4 N–H and O–H groups in total. The third-order valence-electron chi connectivity index (χ3n) is 5.76. The van der Waals surface area contributed by atoms with Crippen LogP contribution in [-0.4, -0.2) is 64.0 Å². The number of anilines is 1. The van der Waals surface area contributed by atoms with Crippen LogP contribution in [-0.2, 0) is 32.1 Å². The molecule has 3 heterocycles. The molecule has 0 saturated heterocycles. The Kier molecular flexibility index (Phi) is 8.05. The number of nitrogens with one attached hydrogen (secondary N) is 1. The lowest BCUT2D eigenvalue weighted by molar-refractivity contribution is -0.159. The van der Waals surface area contributed by atoms with Gasteiger partial charge >= 0.3 is 18.2 Å². The molecule has 0 fully saturated rings. The summed E-state index contributed by atoms with van der Waals surface area (Å²) < 4.78 is 89.4. The van der Waals surface area contributed by atoms with Crippen molar-refractivity contribution in [3.8, 4) is 11.5 Å². The zero-order valence-corrected chi connectivity index (χ0v) is 23.3. The summed E-state index contributed by atoms with van der Waals surface area (Å²) in [6, 6.07) is 2.36. The zero-order valence-electron chi connectivity index (χ0n) is 22.5. The van der Waals surface area contributed by atoms with Gasteiger partial charge in [-0.25, -0.2) is 17.6 Å². The molecule has 4 rings (SSSR count). The van der Waals surface area contributed by atoms with E-state index in [2.05, 4.69) is 30.1 Å². The molecular formula is C24H23F4N7O7S. The van der Waals surface area contributed by atoms with Gasteiger partial charge in [0.15, 0.2) is 15.7 Å². The number of hydrogen-bond donors (Lipinski definition) is 3. The van der Waals surface area contributed by atoms with Crippen LogP contribution in [0.15, 0.2) is 45.0 Å². The molecule has 1 aromatic carbocycles. The lowest BCUT2D eigenvalue weighted by Crippen LogP contribution is -2.51. The minimum Gasteiger partial charge on any atom is -0.444 e. The fourth-order valence-corrected chi connectivity index (χ4v) is 5.55. The van der Waals surface area contributed by atoms with Crippen LogP contribution >= 0.6 is 0 Å². The SMILES string of the molecule is CC(C)(C)OC(=O)N[C@H]1CS(=O)(=O)c2cc(F)c(/C(N)=N/O)cc2N(Cc2ccc(-c3noc(C(F)(F)F)n3)nc2)C1=O. The van der Waals surface area contributed by atoms with Crippen molar-refractivity contribution in [1.29, 1.82) is 0 Å². The molecule has 2 aromatic heterocycles. The first-order valence-electron chi connectivity index (χ1n) is 12.1. The van der Waals surface area contributed by atoms with E-state index in [0.29, 0.717) is 6.07 Å². The molecule has 1 aliphatic rings. The van der Waals surface area contributed by atoms with E-state index in [9.17, 15) is 35.6 Å². The smallest absolute Gasteiger partial charge is 0.444 e. The van der Waals surface area contributed by atoms with E-state index in [4.69, 9.17) is 15.7 Å². The van der Waals surface area contributed by atoms with Crippen molar-refractivity contribution in [1.82, 2.24) is 20.4 Å². The number of hydrogen-bond acceptors (Lipinski definition) is 11. The molecule has 0 spiro atoms. The second kappa shape index (κ2) is 11.1. The predicted molar refractivity (Wildman–Crippen MR) is 138 cm³/mol. The van der Waals surface area contributed by atoms with Crippen molar-refractivity contribution in [3.05, 3.63) is 53.3 Å². The van der Waals surface area contributed by atoms with Crippen LogP contribution in [0, 0.1) is 5.82 Å². The Morgan fingerprint density at radius 1 is 1.28 bits per heavy atom. The van der Waals surface area contributed by atoms with E-state index < -0.39 is 85.8 Å². The van der Waals surface area contributed by atoms with Gasteiger partial charge in [0.1, 0.15) is 23.2 Å². The van der Waals surface area contributed by atoms with Gasteiger partial charge in [-0.3, -0.25) is 9.78 Å². The first kappa shape index (κ1) is 31.1. The number of carbonyl (C=O) groups excluding carboxylic acids is 2. The molecule has 0 saturated carbocycles. The highest BCUT2D eigenvalue weighted by Gasteiger charge is 2.41. The molecule has 43 heavy (non-hydrogen) atoms. The maximum atomic E-state index is 14.9. The van der Waals surface area contributed by atoms with E-state index in [1.54, 1.807) is 20.8 Å². The number of nitrogens with two attached hydrogens (primary N) is 1. The molecule has 1 atom stereocenters. The minimum atomic E-state index is -4.88. The molecule has 230 valence electrons. The number of aromatic nitrogens is 3. The highest BCUT2D eigenvalue weighted by Crippen LogP contribution is 2.35. The van der Waals surface area contributed by atoms with Gasteiger partial charge in [-0.15, -0.1) is 0 Å². The first-order valence-corrected chi connectivity index (χ1v) is 13.8. The number of alkyl halides is 3. The molecule has 0 aliphatic carbocycles. The summed E-state index contributed by atoms with van der Waals surface area (Å²) in [6.45, 7) is 4.22. The van der Waals surface area contributed by atoms with E-state index in [1.807, 2.05) is 0 Å². The second-order valence-electron chi connectivity index (χ2n) is 10.2. The summed E-state index contributed by atoms with van der Waals surface area (Å²) >= 11 is 0. The van der Waals surface area contributed by atoms with Gasteiger partial charge in [0.05, 0.1) is 28.4 Å². The topological polar surface area (TPSA) is 203 Å². The van der Waals surface area contributed by atoms with Crippen LogP contribution in [0.5, 0.6) is 0 Å².